The highest BCUT2D eigenvalue weighted by atomic mass is 19.1. The summed E-state index contributed by atoms with van der Waals surface area (Å²) in [6.07, 6.45) is 5.96. The van der Waals surface area contributed by atoms with E-state index >= 15 is 0 Å². The highest BCUT2D eigenvalue weighted by Gasteiger charge is 2.30. The standard InChI is InChI=1S/C21H24FN5O2/c1-12(23)4-5-16-14(9-13(22)10-24-16)18-3-2-8-27(18)19-7-6-17-20(26-19)15(11-25-17)21(28)29/h6-7,9-12,18,25H,2-5,8,23H2,1H3,(H,28,29). The number of nitrogens with zero attached hydrogens (tertiary/aromatic N) is 3. The van der Waals surface area contributed by atoms with Crippen LogP contribution in [-0.4, -0.2) is 38.6 Å². The largest absolute Gasteiger partial charge is 0.478 e. The van der Waals surface area contributed by atoms with Crippen LogP contribution < -0.4 is 10.6 Å². The van der Waals surface area contributed by atoms with Crippen molar-refractivity contribution in [2.24, 2.45) is 5.73 Å². The summed E-state index contributed by atoms with van der Waals surface area (Å²) in [7, 11) is 0. The summed E-state index contributed by atoms with van der Waals surface area (Å²) >= 11 is 0. The molecule has 0 aliphatic carbocycles. The van der Waals surface area contributed by atoms with Crippen molar-refractivity contribution >= 4 is 22.8 Å². The van der Waals surface area contributed by atoms with Crippen LogP contribution in [0.4, 0.5) is 10.2 Å². The van der Waals surface area contributed by atoms with Crippen molar-refractivity contribution in [2.75, 3.05) is 11.4 Å². The highest BCUT2D eigenvalue weighted by Crippen LogP contribution is 2.37. The number of hydrogen-bond donors (Lipinski definition) is 3. The van der Waals surface area contributed by atoms with Crippen LogP contribution in [0, 0.1) is 5.82 Å². The van der Waals surface area contributed by atoms with Gasteiger partial charge in [-0.1, -0.05) is 0 Å². The number of H-pyrrole nitrogens is 1. The second-order valence-electron chi connectivity index (χ2n) is 7.63. The zero-order valence-electron chi connectivity index (χ0n) is 16.2. The quantitative estimate of drug-likeness (QED) is 0.588. The van der Waals surface area contributed by atoms with E-state index in [2.05, 4.69) is 19.9 Å². The van der Waals surface area contributed by atoms with Crippen LogP contribution in [0.3, 0.4) is 0 Å². The van der Waals surface area contributed by atoms with E-state index in [0.717, 1.165) is 37.1 Å². The van der Waals surface area contributed by atoms with Crippen molar-refractivity contribution in [3.8, 4) is 0 Å². The summed E-state index contributed by atoms with van der Waals surface area (Å²) in [4.78, 5) is 25.5. The van der Waals surface area contributed by atoms with Crippen LogP contribution in [0.2, 0.25) is 0 Å². The molecule has 1 aliphatic heterocycles. The minimum atomic E-state index is -1.02. The zero-order chi connectivity index (χ0) is 20.5. The normalized spacial score (nSPS) is 17.8. The van der Waals surface area contributed by atoms with Crippen molar-refractivity contribution in [2.45, 2.75) is 44.7 Å². The molecule has 1 saturated heterocycles. The van der Waals surface area contributed by atoms with Crippen LogP contribution >= 0.6 is 0 Å². The van der Waals surface area contributed by atoms with Gasteiger partial charge in [-0.05, 0) is 56.4 Å². The molecule has 0 saturated carbocycles. The molecule has 0 radical (unpaired) electrons. The molecule has 4 heterocycles. The van der Waals surface area contributed by atoms with Crippen LogP contribution in [0.1, 0.15) is 53.8 Å². The van der Waals surface area contributed by atoms with E-state index in [1.807, 2.05) is 19.1 Å². The lowest BCUT2D eigenvalue weighted by Crippen LogP contribution is -2.25. The first kappa shape index (κ1) is 19.3. The van der Waals surface area contributed by atoms with Gasteiger partial charge in [0.05, 0.1) is 17.8 Å². The van der Waals surface area contributed by atoms with E-state index in [-0.39, 0.29) is 23.5 Å². The number of nitrogens with two attached hydrogens (primary N) is 1. The fraction of sp³-hybridized carbons (Fsp3) is 0.381. The fourth-order valence-electron chi connectivity index (χ4n) is 4.02. The van der Waals surface area contributed by atoms with Crippen LogP contribution in [0.25, 0.3) is 11.0 Å². The number of aromatic amines is 1. The zero-order valence-corrected chi connectivity index (χ0v) is 16.2. The van der Waals surface area contributed by atoms with Gasteiger partial charge in [0.15, 0.2) is 0 Å². The number of carboxylic acids is 1. The Bertz CT molecular complexity index is 1050. The van der Waals surface area contributed by atoms with Crippen LogP contribution in [0.5, 0.6) is 0 Å². The molecule has 1 fully saturated rings. The van der Waals surface area contributed by atoms with E-state index in [9.17, 15) is 14.3 Å². The molecular weight excluding hydrogens is 373 g/mol. The number of rotatable bonds is 6. The van der Waals surface area contributed by atoms with E-state index in [1.54, 1.807) is 6.07 Å². The van der Waals surface area contributed by atoms with Crippen molar-refractivity contribution in [1.82, 2.24) is 15.0 Å². The number of fused-ring (bicyclic) bond motifs is 1. The van der Waals surface area contributed by atoms with Gasteiger partial charge in [0.1, 0.15) is 22.7 Å². The SMILES string of the molecule is CC(N)CCc1ncc(F)cc1C1CCCN1c1ccc2[nH]cc(C(=O)O)c2n1. The topological polar surface area (TPSA) is 108 Å². The number of aromatic carboxylic acids is 1. The number of carbonyl (C=O) groups is 1. The van der Waals surface area contributed by atoms with Gasteiger partial charge in [0.2, 0.25) is 0 Å². The Balaban J connectivity index is 1.71. The fourth-order valence-corrected chi connectivity index (χ4v) is 4.02. The van der Waals surface area contributed by atoms with Gasteiger partial charge in [-0.25, -0.2) is 14.2 Å². The number of anilines is 1. The lowest BCUT2D eigenvalue weighted by Gasteiger charge is -2.27. The molecule has 0 bridgehead atoms. The number of halogens is 1. The average molecular weight is 397 g/mol. The molecule has 4 N–H and O–H groups in total. The van der Waals surface area contributed by atoms with Gasteiger partial charge < -0.3 is 20.7 Å². The molecule has 3 aromatic rings. The van der Waals surface area contributed by atoms with Gasteiger partial charge in [-0.15, -0.1) is 0 Å². The summed E-state index contributed by atoms with van der Waals surface area (Å²) in [6, 6.07) is 5.25. The predicted octanol–water partition coefficient (Wildman–Crippen LogP) is 3.42. The van der Waals surface area contributed by atoms with Gasteiger partial charge in [-0.2, -0.15) is 0 Å². The maximum absolute atomic E-state index is 14.0. The van der Waals surface area contributed by atoms with Crippen molar-refractivity contribution in [3.05, 3.63) is 53.2 Å². The summed E-state index contributed by atoms with van der Waals surface area (Å²) < 4.78 is 14.0. The molecule has 0 amide bonds. The number of pyridine rings is 2. The first-order valence-electron chi connectivity index (χ1n) is 9.82. The monoisotopic (exact) mass is 397 g/mol. The van der Waals surface area contributed by atoms with Crippen molar-refractivity contribution in [1.29, 1.82) is 0 Å². The number of carboxylic acid groups (broad SMARTS) is 1. The molecular formula is C21H24FN5O2. The van der Waals surface area contributed by atoms with Gasteiger partial charge in [-0.3, -0.25) is 4.98 Å². The summed E-state index contributed by atoms with van der Waals surface area (Å²) in [5.41, 5.74) is 8.86. The Kier molecular flexibility index (Phi) is 5.19. The summed E-state index contributed by atoms with van der Waals surface area (Å²) in [5.74, 6) is -0.700. The molecule has 3 aromatic heterocycles. The number of aromatic nitrogens is 3. The second kappa shape index (κ2) is 7.79. The lowest BCUT2D eigenvalue weighted by molar-refractivity contribution is 0.0699. The van der Waals surface area contributed by atoms with Gasteiger partial charge >= 0.3 is 5.97 Å². The number of aryl methyl sites for hydroxylation is 1. The minimum Gasteiger partial charge on any atom is -0.478 e. The van der Waals surface area contributed by atoms with Gasteiger partial charge in [0.25, 0.3) is 0 Å². The first-order valence-corrected chi connectivity index (χ1v) is 9.82. The Morgan fingerprint density at radius 3 is 3.07 bits per heavy atom. The van der Waals surface area contributed by atoms with Crippen molar-refractivity contribution in [3.63, 3.8) is 0 Å². The van der Waals surface area contributed by atoms with E-state index < -0.39 is 5.97 Å². The number of nitrogens with one attached hydrogen (secondary N) is 1. The Labute approximate surface area is 167 Å². The third-order valence-electron chi connectivity index (χ3n) is 5.45. The maximum atomic E-state index is 14.0. The Morgan fingerprint density at radius 1 is 1.48 bits per heavy atom. The molecule has 0 spiro atoms. The van der Waals surface area contributed by atoms with E-state index in [1.165, 1.54) is 12.4 Å². The van der Waals surface area contributed by atoms with Crippen LogP contribution in [0.15, 0.2) is 30.6 Å². The summed E-state index contributed by atoms with van der Waals surface area (Å²) in [5, 5.41) is 9.39. The third kappa shape index (κ3) is 3.80. The second-order valence-corrected chi connectivity index (χ2v) is 7.63. The smallest absolute Gasteiger partial charge is 0.339 e. The molecule has 29 heavy (non-hydrogen) atoms. The molecule has 4 rings (SSSR count). The third-order valence-corrected chi connectivity index (χ3v) is 5.45. The minimum absolute atomic E-state index is 0.0430. The Hall–Kier alpha value is -3.00. The van der Waals surface area contributed by atoms with Gasteiger partial charge in [0, 0.05) is 24.5 Å². The maximum Gasteiger partial charge on any atom is 0.339 e. The first-order chi connectivity index (χ1) is 13.9. The van der Waals surface area contributed by atoms with Crippen LogP contribution in [-0.2, 0) is 6.42 Å². The van der Waals surface area contributed by atoms with E-state index in [0.29, 0.717) is 23.3 Å². The molecule has 1 aliphatic rings. The molecule has 152 valence electrons. The molecule has 0 aromatic carbocycles. The van der Waals surface area contributed by atoms with E-state index in [4.69, 9.17) is 5.73 Å². The van der Waals surface area contributed by atoms with Crippen molar-refractivity contribution < 1.29 is 14.3 Å². The number of hydrogen-bond acceptors (Lipinski definition) is 5. The predicted molar refractivity (Wildman–Crippen MR) is 109 cm³/mol. The lowest BCUT2D eigenvalue weighted by atomic mass is 9.98. The average Bonchev–Trinajstić information content (AvgIpc) is 3.33. The Morgan fingerprint density at radius 2 is 2.31 bits per heavy atom. The highest BCUT2D eigenvalue weighted by molar-refractivity contribution is 6.01. The molecule has 8 heteroatoms. The summed E-state index contributed by atoms with van der Waals surface area (Å²) in [6.45, 7) is 2.71. The molecule has 2 unspecified atom stereocenters. The molecule has 7 nitrogen and oxygen atoms in total. The molecule has 2 atom stereocenters.